The molecule has 0 aliphatic carbocycles. The van der Waals surface area contributed by atoms with E-state index in [-0.39, 0.29) is 44.9 Å². The van der Waals surface area contributed by atoms with Crippen LogP contribution < -0.4 is 16.6 Å². The fourth-order valence-corrected chi connectivity index (χ4v) is 4.91. The summed E-state index contributed by atoms with van der Waals surface area (Å²) in [6.45, 7) is 2.65. The molecule has 3 heterocycles. The zero-order valence-electron chi connectivity index (χ0n) is 17.1. The van der Waals surface area contributed by atoms with E-state index in [1.54, 1.807) is 0 Å². The lowest BCUT2D eigenvalue weighted by Crippen LogP contribution is -2.49. The number of aromatic nitrogens is 2. The molecule has 1 aliphatic rings. The van der Waals surface area contributed by atoms with Crippen LogP contribution in [0.15, 0.2) is 9.59 Å². The topological polar surface area (TPSA) is 85.6 Å². The fourth-order valence-electron chi connectivity index (χ4n) is 3.56. The molecule has 0 bridgehead atoms. The Hall–Kier alpha value is -2.21. The Morgan fingerprint density at radius 2 is 1.90 bits per heavy atom. The number of ether oxygens (including phenoxy) is 1. The number of fused-ring (bicyclic) bond motifs is 1. The van der Waals surface area contributed by atoms with Crippen molar-refractivity contribution in [3.63, 3.8) is 0 Å². The highest BCUT2D eigenvalue weighted by Gasteiger charge is 2.41. The molecule has 14 heteroatoms. The van der Waals surface area contributed by atoms with E-state index in [4.69, 9.17) is 20.4 Å². The third kappa shape index (κ3) is 3.79. The summed E-state index contributed by atoms with van der Waals surface area (Å²) in [5, 5.41) is 0.633. The standard InChI is InChI=1S/C17H19B2F3N4O4S/c1-8-10-12(27)26(9(2)17(20,21)22)15(29)24(6-7-30-3)13(10)31-11(8)16(18,19)25-5-4-23-14(25)28/h9H,4-7H2,1-3H3,(H,23,28)/t9-/m0/s1. The second kappa shape index (κ2) is 8.05. The number of rotatable bonds is 6. The van der Waals surface area contributed by atoms with Crippen LogP contribution >= 0.6 is 11.3 Å². The third-order valence-electron chi connectivity index (χ3n) is 5.29. The summed E-state index contributed by atoms with van der Waals surface area (Å²) in [6, 6.07) is -2.86. The van der Waals surface area contributed by atoms with Crippen molar-refractivity contribution in [1.29, 1.82) is 0 Å². The maximum atomic E-state index is 13.4. The highest BCUT2D eigenvalue weighted by atomic mass is 32.1. The number of carbonyl (C=O) groups excluding carboxylic acids is 1. The van der Waals surface area contributed by atoms with Crippen molar-refractivity contribution in [3.8, 4) is 0 Å². The maximum Gasteiger partial charge on any atom is 0.409 e. The Morgan fingerprint density at radius 3 is 2.42 bits per heavy atom. The monoisotopic (exact) mass is 454 g/mol. The summed E-state index contributed by atoms with van der Waals surface area (Å²) in [4.78, 5) is 39.6. The van der Waals surface area contributed by atoms with Gasteiger partial charge < -0.3 is 15.0 Å². The molecule has 0 saturated carbocycles. The molecule has 8 nitrogen and oxygen atoms in total. The van der Waals surface area contributed by atoms with Gasteiger partial charge in [-0.15, -0.1) is 11.3 Å². The van der Waals surface area contributed by atoms with Gasteiger partial charge in [-0.2, -0.15) is 13.2 Å². The quantitative estimate of drug-likeness (QED) is 0.655. The van der Waals surface area contributed by atoms with Gasteiger partial charge in [-0.25, -0.2) is 14.2 Å². The number of aryl methyl sites for hydroxylation is 1. The Morgan fingerprint density at radius 1 is 1.26 bits per heavy atom. The fraction of sp³-hybridized carbons (Fsp3) is 0.588. The van der Waals surface area contributed by atoms with E-state index in [2.05, 4.69) is 5.32 Å². The number of hydrogen-bond donors (Lipinski definition) is 1. The van der Waals surface area contributed by atoms with Crippen molar-refractivity contribution in [2.75, 3.05) is 26.8 Å². The van der Waals surface area contributed by atoms with Crippen LogP contribution in [-0.4, -0.2) is 68.7 Å². The first kappa shape index (κ1) is 23.5. The minimum absolute atomic E-state index is 0.0187. The molecule has 1 saturated heterocycles. The highest BCUT2D eigenvalue weighted by molar-refractivity contribution is 7.19. The van der Waals surface area contributed by atoms with Gasteiger partial charge in [-0.05, 0) is 19.4 Å². The van der Waals surface area contributed by atoms with Crippen LogP contribution in [0.2, 0.25) is 0 Å². The van der Waals surface area contributed by atoms with Gasteiger partial charge >= 0.3 is 17.9 Å². The van der Waals surface area contributed by atoms with E-state index >= 15 is 0 Å². The van der Waals surface area contributed by atoms with Crippen LogP contribution in [0.25, 0.3) is 10.2 Å². The number of urea groups is 1. The van der Waals surface area contributed by atoms with Crippen LogP contribution in [-0.2, 0) is 16.6 Å². The normalized spacial score (nSPS) is 16.2. The van der Waals surface area contributed by atoms with E-state index in [1.807, 2.05) is 0 Å². The number of nitrogens with zero attached hydrogens (tertiary/aromatic N) is 3. The molecule has 1 fully saturated rings. The molecule has 2 aromatic heterocycles. The van der Waals surface area contributed by atoms with Gasteiger partial charge in [0.2, 0.25) is 0 Å². The number of carbonyl (C=O) groups is 1. The summed E-state index contributed by atoms with van der Waals surface area (Å²) in [6.07, 6.45) is -4.82. The number of amides is 2. The molecule has 0 unspecified atom stereocenters. The van der Waals surface area contributed by atoms with Gasteiger partial charge in [0, 0.05) is 30.4 Å². The Labute approximate surface area is 181 Å². The minimum Gasteiger partial charge on any atom is -0.383 e. The van der Waals surface area contributed by atoms with Gasteiger partial charge in [-0.3, -0.25) is 9.36 Å². The molecule has 3 rings (SSSR count). The van der Waals surface area contributed by atoms with E-state index in [0.29, 0.717) is 6.54 Å². The smallest absolute Gasteiger partial charge is 0.383 e. The van der Waals surface area contributed by atoms with Crippen molar-refractivity contribution in [2.24, 2.45) is 0 Å². The van der Waals surface area contributed by atoms with Crippen LogP contribution in [0.4, 0.5) is 18.0 Å². The van der Waals surface area contributed by atoms with Gasteiger partial charge in [-0.1, -0.05) is 0 Å². The van der Waals surface area contributed by atoms with Crippen molar-refractivity contribution in [1.82, 2.24) is 19.4 Å². The van der Waals surface area contributed by atoms with Gasteiger partial charge in [0.25, 0.3) is 5.56 Å². The summed E-state index contributed by atoms with van der Waals surface area (Å²) in [7, 11) is 13.9. The molecule has 2 amide bonds. The van der Waals surface area contributed by atoms with Gasteiger partial charge in [0.1, 0.15) is 10.9 Å². The maximum absolute atomic E-state index is 13.4. The SMILES string of the molecule is [B]C([B])(c1sc2c(c1C)c(=O)n([C@@H](C)C(F)(F)F)c(=O)n2CCOC)N1CCNC1=O. The largest absolute Gasteiger partial charge is 0.409 e. The first-order valence-electron chi connectivity index (χ1n) is 9.31. The van der Waals surface area contributed by atoms with Crippen LogP contribution in [0.5, 0.6) is 0 Å². The third-order valence-corrected chi connectivity index (χ3v) is 6.75. The molecule has 4 radical (unpaired) electrons. The lowest BCUT2D eigenvalue weighted by atomic mass is 9.59. The zero-order valence-corrected chi connectivity index (χ0v) is 17.9. The number of hydrogen-bond acceptors (Lipinski definition) is 5. The average molecular weight is 454 g/mol. The highest BCUT2D eigenvalue weighted by Crippen LogP contribution is 2.37. The zero-order chi connectivity index (χ0) is 23.3. The minimum atomic E-state index is -4.82. The van der Waals surface area contributed by atoms with E-state index < -0.39 is 34.8 Å². The first-order chi connectivity index (χ1) is 14.3. The molecule has 1 N–H and O–H groups in total. The number of alkyl halides is 3. The number of halogens is 3. The average Bonchev–Trinajstić information content (AvgIpc) is 3.25. The molecular weight excluding hydrogens is 435 g/mol. The van der Waals surface area contributed by atoms with Crippen molar-refractivity contribution < 1.29 is 22.7 Å². The Balaban J connectivity index is 2.35. The van der Waals surface area contributed by atoms with Crippen molar-refractivity contribution in [2.45, 2.75) is 37.9 Å². The molecule has 0 aromatic carbocycles. The molecule has 164 valence electrons. The number of nitrogens with one attached hydrogen (secondary N) is 1. The number of methoxy groups -OCH3 is 1. The Bertz CT molecular complexity index is 1140. The summed E-state index contributed by atoms with van der Waals surface area (Å²) < 4.78 is 46.4. The van der Waals surface area contributed by atoms with Crippen molar-refractivity contribution >= 4 is 43.3 Å². The van der Waals surface area contributed by atoms with E-state index in [9.17, 15) is 27.6 Å². The predicted molar refractivity (Wildman–Crippen MR) is 111 cm³/mol. The summed E-state index contributed by atoms with van der Waals surface area (Å²) in [5.74, 6) is 0. The van der Waals surface area contributed by atoms with Crippen molar-refractivity contribution in [3.05, 3.63) is 31.3 Å². The van der Waals surface area contributed by atoms with E-state index in [1.165, 1.54) is 18.9 Å². The lowest BCUT2D eigenvalue weighted by Gasteiger charge is -2.35. The van der Waals surface area contributed by atoms with Crippen LogP contribution in [0.1, 0.15) is 23.4 Å². The number of thiophene rings is 1. The first-order valence-corrected chi connectivity index (χ1v) is 10.1. The Kier molecular flexibility index (Phi) is 6.09. The molecule has 1 atom stereocenters. The van der Waals surface area contributed by atoms with Crippen LogP contribution in [0, 0.1) is 6.92 Å². The van der Waals surface area contributed by atoms with E-state index in [0.717, 1.165) is 22.8 Å². The second-order valence-electron chi connectivity index (χ2n) is 7.27. The molecule has 2 aromatic rings. The lowest BCUT2D eigenvalue weighted by molar-refractivity contribution is -0.164. The van der Waals surface area contributed by atoms with Crippen LogP contribution in [0.3, 0.4) is 0 Å². The molecular formula is C17H19B2F3N4O4S. The predicted octanol–water partition coefficient (Wildman–Crippen LogP) is 0.775. The van der Waals surface area contributed by atoms with Gasteiger partial charge in [0.05, 0.1) is 34.2 Å². The molecule has 0 spiro atoms. The second-order valence-corrected chi connectivity index (χ2v) is 8.26. The summed E-state index contributed by atoms with van der Waals surface area (Å²) >= 11 is 0.894. The molecule has 1 aliphatic heterocycles. The summed E-state index contributed by atoms with van der Waals surface area (Å²) in [5.41, 5.74) is -2.00. The van der Waals surface area contributed by atoms with Gasteiger partial charge in [0.15, 0.2) is 0 Å². The molecule has 31 heavy (non-hydrogen) atoms.